The van der Waals surface area contributed by atoms with Gasteiger partial charge in [0.2, 0.25) is 0 Å². The number of para-hydroxylation sites is 8. The molecule has 0 aliphatic rings. The van der Waals surface area contributed by atoms with Gasteiger partial charge in [0.15, 0.2) is 0 Å². The molecule has 14 aromatic carbocycles. The van der Waals surface area contributed by atoms with Crippen LogP contribution in [0, 0.1) is 18.3 Å². The second-order valence-electron chi connectivity index (χ2n) is 24.8. The Morgan fingerprint density at radius 3 is 0.774 bits per heavy atom. The quantitative estimate of drug-likeness (QED) is 0.157. The van der Waals surface area contributed by atoms with Crippen molar-refractivity contribution >= 4 is 131 Å². The molecule has 0 N–H and O–H groups in total. The molecule has 0 aliphatic carbocycles. The van der Waals surface area contributed by atoms with E-state index in [0.717, 1.165) is 139 Å². The van der Waals surface area contributed by atoms with Crippen LogP contribution in [0.1, 0.15) is 11.1 Å². The predicted molar refractivity (Wildman–Crippen MR) is 387 cm³/mol. The number of hydrogen-bond acceptors (Lipinski definition) is 1. The van der Waals surface area contributed by atoms with Crippen LogP contribution in [0.3, 0.4) is 0 Å². The number of fused-ring (bicyclic) bond motifs is 18. The van der Waals surface area contributed by atoms with Gasteiger partial charge in [-0.05, 0) is 158 Å². The van der Waals surface area contributed by atoms with Crippen LogP contribution in [0.25, 0.3) is 176 Å². The molecule has 0 spiro atoms. The lowest BCUT2D eigenvalue weighted by atomic mass is 9.97. The fourth-order valence-corrected chi connectivity index (χ4v) is 15.9. The van der Waals surface area contributed by atoms with E-state index in [4.69, 9.17) is 0 Å². The van der Waals surface area contributed by atoms with E-state index in [0.29, 0.717) is 5.56 Å². The topological polar surface area (TPSA) is 53.4 Å². The normalized spacial score (nSPS) is 12.1. The van der Waals surface area contributed by atoms with Crippen LogP contribution in [0.4, 0.5) is 0 Å². The molecular weight excluding hydrogens is 1130 g/mol. The van der Waals surface area contributed by atoms with Crippen molar-refractivity contribution in [2.75, 3.05) is 0 Å². The number of benzene rings is 14. The Morgan fingerprint density at radius 1 is 0.215 bits per heavy atom. The van der Waals surface area contributed by atoms with Gasteiger partial charge in [-0.3, -0.25) is 0 Å². The fourth-order valence-electron chi connectivity index (χ4n) is 15.9. The van der Waals surface area contributed by atoms with E-state index in [9.17, 15) is 5.26 Å². The SMILES string of the molecule is Cc1ccc(-c2cc(C#N)ccc2-n2c3ccc(-n4c5ccccc5c5ccccc54)cc3c3cc(-n4c5ccccc5c5ccccc54)ccc32)c(-n2c3ccc(-n4c5ccccc5c5ccccc54)cc3c3cc(-n4c5ccccc5c5ccccc54)ccc32)c1. The highest BCUT2D eigenvalue weighted by Gasteiger charge is 2.25. The van der Waals surface area contributed by atoms with Crippen LogP contribution in [0.15, 0.2) is 303 Å². The molecule has 6 aromatic heterocycles. The minimum Gasteiger partial charge on any atom is -0.309 e. The summed E-state index contributed by atoms with van der Waals surface area (Å²) in [5.41, 5.74) is 23.5. The molecule has 432 valence electrons. The Labute approximate surface area is 533 Å². The summed E-state index contributed by atoms with van der Waals surface area (Å²) in [6.45, 7) is 2.19. The van der Waals surface area contributed by atoms with Crippen LogP contribution in [-0.2, 0) is 0 Å². The van der Waals surface area contributed by atoms with Crippen molar-refractivity contribution in [3.05, 3.63) is 314 Å². The predicted octanol–water partition coefficient (Wildman–Crippen LogP) is 22.1. The maximum Gasteiger partial charge on any atom is 0.0991 e. The average Bonchev–Trinajstić information content (AvgIpc) is 1.58. The molecule has 0 aliphatic heterocycles. The highest BCUT2D eigenvalue weighted by Crippen LogP contribution is 2.46. The van der Waals surface area contributed by atoms with Crippen molar-refractivity contribution in [1.29, 1.82) is 5.26 Å². The van der Waals surface area contributed by atoms with Gasteiger partial charge >= 0.3 is 0 Å². The van der Waals surface area contributed by atoms with E-state index in [1.54, 1.807) is 0 Å². The molecule has 0 bridgehead atoms. The number of nitrogens with zero attached hydrogens (tertiary/aromatic N) is 7. The van der Waals surface area contributed by atoms with Gasteiger partial charge in [0.05, 0.1) is 89.2 Å². The summed E-state index contributed by atoms with van der Waals surface area (Å²) in [6, 6.07) is 114. The number of rotatable bonds is 7. The summed E-state index contributed by atoms with van der Waals surface area (Å²) in [5, 5.41) is 25.3. The molecule has 0 fully saturated rings. The second kappa shape index (κ2) is 19.4. The third kappa shape index (κ3) is 7.29. The van der Waals surface area contributed by atoms with E-state index >= 15 is 0 Å². The van der Waals surface area contributed by atoms with Gasteiger partial charge in [-0.25, -0.2) is 0 Å². The Bertz CT molecular complexity index is 6100. The van der Waals surface area contributed by atoms with Crippen molar-refractivity contribution in [2.24, 2.45) is 0 Å². The first kappa shape index (κ1) is 51.3. The Hall–Kier alpha value is -12.6. The number of aryl methyl sites for hydroxylation is 1. The summed E-state index contributed by atoms with van der Waals surface area (Å²) in [6.07, 6.45) is 0. The maximum atomic E-state index is 11.0. The van der Waals surface area contributed by atoms with Gasteiger partial charge in [-0.15, -0.1) is 0 Å². The summed E-state index contributed by atoms with van der Waals surface area (Å²) < 4.78 is 14.6. The van der Waals surface area contributed by atoms with Crippen LogP contribution >= 0.6 is 0 Å². The van der Waals surface area contributed by atoms with Gasteiger partial charge in [-0.2, -0.15) is 5.26 Å². The summed E-state index contributed by atoms with van der Waals surface area (Å²) >= 11 is 0. The van der Waals surface area contributed by atoms with Crippen molar-refractivity contribution in [3.8, 4) is 51.3 Å². The molecule has 0 amide bonds. The zero-order chi connectivity index (χ0) is 61.2. The fraction of sp³-hybridized carbons (Fsp3) is 0.0116. The third-order valence-corrected chi connectivity index (χ3v) is 19.9. The van der Waals surface area contributed by atoms with Crippen LogP contribution in [-0.4, -0.2) is 27.4 Å². The Kier molecular flexibility index (Phi) is 10.7. The molecule has 0 saturated carbocycles. The van der Waals surface area contributed by atoms with Crippen LogP contribution < -0.4 is 0 Å². The smallest absolute Gasteiger partial charge is 0.0991 e. The van der Waals surface area contributed by atoms with E-state index in [2.05, 4.69) is 338 Å². The van der Waals surface area contributed by atoms with Gasteiger partial charge in [0, 0.05) is 98.5 Å². The van der Waals surface area contributed by atoms with Crippen molar-refractivity contribution in [1.82, 2.24) is 27.4 Å². The molecular formula is C86H53N7. The molecule has 0 radical (unpaired) electrons. The minimum absolute atomic E-state index is 0.581. The molecule has 7 nitrogen and oxygen atoms in total. The third-order valence-electron chi connectivity index (χ3n) is 19.9. The summed E-state index contributed by atoms with van der Waals surface area (Å²) in [7, 11) is 0. The number of hydrogen-bond donors (Lipinski definition) is 0. The first-order valence-corrected chi connectivity index (χ1v) is 31.8. The lowest BCUT2D eigenvalue weighted by Gasteiger charge is -2.20. The van der Waals surface area contributed by atoms with Crippen molar-refractivity contribution < 1.29 is 0 Å². The molecule has 20 rings (SSSR count). The average molecular weight is 1180 g/mol. The monoisotopic (exact) mass is 1180 g/mol. The van der Waals surface area contributed by atoms with Crippen molar-refractivity contribution in [3.63, 3.8) is 0 Å². The minimum atomic E-state index is 0.581. The highest BCUT2D eigenvalue weighted by molar-refractivity contribution is 6.17. The lowest BCUT2D eigenvalue weighted by Crippen LogP contribution is -2.03. The molecule has 0 unspecified atom stereocenters. The van der Waals surface area contributed by atoms with Gasteiger partial charge in [0.25, 0.3) is 0 Å². The zero-order valence-electron chi connectivity index (χ0n) is 50.5. The number of aromatic nitrogens is 6. The number of nitriles is 1. The highest BCUT2D eigenvalue weighted by atomic mass is 15.0. The van der Waals surface area contributed by atoms with Crippen LogP contribution in [0.2, 0.25) is 0 Å². The van der Waals surface area contributed by atoms with E-state index < -0.39 is 0 Å². The van der Waals surface area contributed by atoms with E-state index in [-0.39, 0.29) is 0 Å². The van der Waals surface area contributed by atoms with Crippen LogP contribution in [0.5, 0.6) is 0 Å². The second-order valence-corrected chi connectivity index (χ2v) is 24.8. The molecule has 93 heavy (non-hydrogen) atoms. The van der Waals surface area contributed by atoms with Gasteiger partial charge in [-0.1, -0.05) is 158 Å². The molecule has 7 heteroatoms. The molecule has 6 heterocycles. The van der Waals surface area contributed by atoms with Gasteiger partial charge < -0.3 is 27.4 Å². The first-order chi connectivity index (χ1) is 46.0. The first-order valence-electron chi connectivity index (χ1n) is 31.8. The Balaban J connectivity index is 0.854. The molecule has 0 saturated heterocycles. The zero-order valence-corrected chi connectivity index (χ0v) is 50.5. The van der Waals surface area contributed by atoms with E-state index in [1.807, 2.05) is 6.07 Å². The van der Waals surface area contributed by atoms with Gasteiger partial charge in [0.1, 0.15) is 0 Å². The molecule has 0 atom stereocenters. The van der Waals surface area contributed by atoms with Crippen molar-refractivity contribution in [2.45, 2.75) is 6.92 Å². The molecule has 20 aromatic rings. The Morgan fingerprint density at radius 2 is 0.484 bits per heavy atom. The lowest BCUT2D eigenvalue weighted by molar-refractivity contribution is 1.14. The maximum absolute atomic E-state index is 11.0. The summed E-state index contributed by atoms with van der Waals surface area (Å²) in [4.78, 5) is 0. The summed E-state index contributed by atoms with van der Waals surface area (Å²) in [5.74, 6) is 0. The standard InChI is InChI=1S/C86H53N7/c1-53-34-40-67(86(46-53)93-84-44-38-57(90-77-30-14-6-22-63(77)64-23-7-15-31-78(64)90)50-71(84)72-51-58(39-45-85(72)93)91-79-32-16-8-24-65(79)66-25-9-17-33-80(66)91)68-47-54(52-87)35-41-81(68)92-82-42-36-55(88-73-26-10-2-18-59(73)60-19-3-11-27-74(60)88)48-69(82)70-49-56(37-43-83(70)92)89-75-28-12-4-20-61(75)62-21-5-13-29-76(62)89/h2-51H,1H3. The van der Waals surface area contributed by atoms with E-state index in [1.165, 1.54) is 43.1 Å². The largest absolute Gasteiger partial charge is 0.309 e.